The van der Waals surface area contributed by atoms with Crippen molar-refractivity contribution in [1.82, 2.24) is 15.0 Å². The summed E-state index contributed by atoms with van der Waals surface area (Å²) in [6.07, 6.45) is 0. The van der Waals surface area contributed by atoms with Crippen molar-refractivity contribution in [3.05, 3.63) is 64.5 Å². The molecule has 1 heterocycles. The maximum atomic E-state index is 13.0. The minimum absolute atomic E-state index is 0.233. The predicted octanol–water partition coefficient (Wildman–Crippen LogP) is 3.33. The molecule has 0 fully saturated rings. The fraction of sp³-hybridized carbons (Fsp3) is 0.0667. The van der Waals surface area contributed by atoms with Crippen LogP contribution < -0.4 is 0 Å². The van der Waals surface area contributed by atoms with E-state index < -0.39 is 0 Å². The first-order valence-corrected chi connectivity index (χ1v) is 7.05. The molecule has 0 aliphatic rings. The summed E-state index contributed by atoms with van der Waals surface area (Å²) in [5.41, 5.74) is 2.48. The zero-order chi connectivity index (χ0) is 14.8. The molecule has 1 N–H and O–H groups in total. The molecule has 0 saturated heterocycles. The topological polar surface area (TPSA) is 50.9 Å². The molecule has 4 nitrogen and oxygen atoms in total. The second-order valence-electron chi connectivity index (χ2n) is 4.43. The molecule has 0 radical (unpaired) electrons. The Morgan fingerprint density at radius 2 is 1.67 bits per heavy atom. The Hall–Kier alpha value is -2.05. The summed E-state index contributed by atoms with van der Waals surface area (Å²) in [5.74, 6) is -0.315. The van der Waals surface area contributed by atoms with E-state index in [2.05, 4.69) is 26.1 Å². The van der Waals surface area contributed by atoms with Gasteiger partial charge in [0.05, 0.1) is 12.3 Å². The molecular weight excluding hydrogens is 337 g/mol. The third-order valence-corrected chi connectivity index (χ3v) is 3.54. The number of aliphatic hydroxyl groups excluding tert-OH is 1. The number of aliphatic hydroxyl groups is 1. The van der Waals surface area contributed by atoms with Crippen LogP contribution in [0.5, 0.6) is 0 Å². The van der Waals surface area contributed by atoms with Crippen molar-refractivity contribution in [3.8, 4) is 16.9 Å². The van der Waals surface area contributed by atoms with Crippen LogP contribution in [0.4, 0.5) is 4.39 Å². The van der Waals surface area contributed by atoms with E-state index in [9.17, 15) is 9.50 Å². The molecule has 0 atom stereocenters. The smallest absolute Gasteiger partial charge is 0.123 e. The van der Waals surface area contributed by atoms with Gasteiger partial charge >= 0.3 is 0 Å². The number of hydrogen-bond acceptors (Lipinski definition) is 3. The second kappa shape index (κ2) is 5.75. The van der Waals surface area contributed by atoms with Gasteiger partial charge in [0.15, 0.2) is 0 Å². The van der Waals surface area contributed by atoms with Crippen LogP contribution in [-0.4, -0.2) is 20.1 Å². The molecule has 0 amide bonds. The predicted molar refractivity (Wildman–Crippen MR) is 80.4 cm³/mol. The molecule has 0 unspecified atom stereocenters. The largest absolute Gasteiger partial charge is 0.390 e. The first kappa shape index (κ1) is 13.9. The Morgan fingerprint density at radius 3 is 2.29 bits per heavy atom. The summed E-state index contributed by atoms with van der Waals surface area (Å²) in [7, 11) is 0. The highest BCUT2D eigenvalue weighted by Gasteiger charge is 2.13. The van der Waals surface area contributed by atoms with E-state index in [-0.39, 0.29) is 12.4 Å². The van der Waals surface area contributed by atoms with Crippen LogP contribution in [0, 0.1) is 5.82 Å². The van der Waals surface area contributed by atoms with Crippen LogP contribution >= 0.6 is 15.9 Å². The summed E-state index contributed by atoms with van der Waals surface area (Å²) in [6.45, 7) is -0.233. The van der Waals surface area contributed by atoms with Crippen LogP contribution in [0.25, 0.3) is 16.9 Å². The molecule has 0 bridgehead atoms. The van der Waals surface area contributed by atoms with Crippen molar-refractivity contribution in [2.45, 2.75) is 6.61 Å². The molecule has 0 aliphatic heterocycles. The summed E-state index contributed by atoms with van der Waals surface area (Å²) >= 11 is 3.37. The minimum atomic E-state index is -0.315. The highest BCUT2D eigenvalue weighted by Crippen LogP contribution is 2.22. The monoisotopic (exact) mass is 347 g/mol. The number of benzene rings is 2. The molecule has 0 aliphatic carbocycles. The van der Waals surface area contributed by atoms with Crippen molar-refractivity contribution in [3.63, 3.8) is 0 Å². The van der Waals surface area contributed by atoms with Crippen LogP contribution in [0.15, 0.2) is 53.0 Å². The third-order valence-electron chi connectivity index (χ3n) is 3.01. The van der Waals surface area contributed by atoms with E-state index >= 15 is 0 Å². The van der Waals surface area contributed by atoms with Gasteiger partial charge < -0.3 is 5.11 Å². The van der Waals surface area contributed by atoms with E-state index in [1.807, 2.05) is 24.3 Å². The van der Waals surface area contributed by atoms with Gasteiger partial charge in [-0.05, 0) is 48.5 Å². The van der Waals surface area contributed by atoms with Gasteiger partial charge in [0, 0.05) is 10.0 Å². The lowest BCUT2D eigenvalue weighted by Gasteiger charge is -1.99. The normalized spacial score (nSPS) is 10.8. The second-order valence-corrected chi connectivity index (χ2v) is 5.34. The molecule has 0 saturated carbocycles. The lowest BCUT2D eigenvalue weighted by molar-refractivity contribution is 0.276. The zero-order valence-electron chi connectivity index (χ0n) is 10.9. The van der Waals surface area contributed by atoms with Gasteiger partial charge in [0.2, 0.25) is 0 Å². The molecule has 106 valence electrons. The molecule has 3 rings (SSSR count). The summed E-state index contributed by atoms with van der Waals surface area (Å²) in [6, 6.07) is 13.4. The highest BCUT2D eigenvalue weighted by atomic mass is 79.9. The SMILES string of the molecule is OCc1nn(-c2ccc(Br)cc2)nc1-c1ccc(F)cc1. The number of hydrogen-bond donors (Lipinski definition) is 1. The lowest BCUT2D eigenvalue weighted by atomic mass is 10.1. The van der Waals surface area contributed by atoms with Gasteiger partial charge in [-0.3, -0.25) is 0 Å². The van der Waals surface area contributed by atoms with Gasteiger partial charge in [0.25, 0.3) is 0 Å². The first-order valence-electron chi connectivity index (χ1n) is 6.26. The minimum Gasteiger partial charge on any atom is -0.390 e. The van der Waals surface area contributed by atoms with Crippen molar-refractivity contribution >= 4 is 15.9 Å². The molecule has 3 aromatic rings. The maximum absolute atomic E-state index is 13.0. The standard InChI is InChI=1S/C15H11BrFN3O/c16-11-3-7-13(8-4-11)20-18-14(9-21)15(19-20)10-1-5-12(17)6-2-10/h1-8,21H,9H2. The average molecular weight is 348 g/mol. The van der Waals surface area contributed by atoms with Crippen molar-refractivity contribution in [2.75, 3.05) is 0 Å². The van der Waals surface area contributed by atoms with Crippen molar-refractivity contribution < 1.29 is 9.50 Å². The molecule has 6 heteroatoms. The van der Waals surface area contributed by atoms with Gasteiger partial charge in [-0.15, -0.1) is 5.10 Å². The van der Waals surface area contributed by atoms with E-state index in [0.29, 0.717) is 17.0 Å². The summed E-state index contributed by atoms with van der Waals surface area (Å²) in [5, 5.41) is 18.1. The Kier molecular flexibility index (Phi) is 3.81. The average Bonchev–Trinajstić information content (AvgIpc) is 2.93. The highest BCUT2D eigenvalue weighted by molar-refractivity contribution is 9.10. The fourth-order valence-electron chi connectivity index (χ4n) is 1.97. The van der Waals surface area contributed by atoms with Crippen molar-refractivity contribution in [2.24, 2.45) is 0 Å². The number of nitrogens with zero attached hydrogens (tertiary/aromatic N) is 3. The number of halogens is 2. The third kappa shape index (κ3) is 2.86. The Balaban J connectivity index is 2.05. The van der Waals surface area contributed by atoms with E-state index in [1.54, 1.807) is 12.1 Å². The zero-order valence-corrected chi connectivity index (χ0v) is 12.5. The van der Waals surface area contributed by atoms with Gasteiger partial charge in [-0.1, -0.05) is 15.9 Å². The molecule has 0 spiro atoms. The Bertz CT molecular complexity index is 754. The first-order chi connectivity index (χ1) is 10.2. The van der Waals surface area contributed by atoms with Crippen LogP contribution in [0.1, 0.15) is 5.69 Å². The number of rotatable bonds is 3. The van der Waals surface area contributed by atoms with Crippen LogP contribution in [0.3, 0.4) is 0 Å². The van der Waals surface area contributed by atoms with Gasteiger partial charge in [-0.2, -0.15) is 9.90 Å². The van der Waals surface area contributed by atoms with Crippen LogP contribution in [-0.2, 0) is 6.61 Å². The van der Waals surface area contributed by atoms with Gasteiger partial charge in [0.1, 0.15) is 17.2 Å². The number of aromatic nitrogens is 3. The molecule has 2 aromatic carbocycles. The molecule has 21 heavy (non-hydrogen) atoms. The summed E-state index contributed by atoms with van der Waals surface area (Å²) in [4.78, 5) is 1.46. The van der Waals surface area contributed by atoms with Crippen LogP contribution in [0.2, 0.25) is 0 Å². The molecular formula is C15H11BrFN3O. The summed E-state index contributed by atoms with van der Waals surface area (Å²) < 4.78 is 14.0. The van der Waals surface area contributed by atoms with Gasteiger partial charge in [-0.25, -0.2) is 4.39 Å². The lowest BCUT2D eigenvalue weighted by Crippen LogP contribution is -1.98. The quantitative estimate of drug-likeness (QED) is 0.790. The maximum Gasteiger partial charge on any atom is 0.123 e. The Labute approximate surface area is 129 Å². The molecule has 1 aromatic heterocycles. The van der Waals surface area contributed by atoms with Crippen molar-refractivity contribution in [1.29, 1.82) is 0 Å². The fourth-order valence-corrected chi connectivity index (χ4v) is 2.23. The van der Waals surface area contributed by atoms with E-state index in [1.165, 1.54) is 16.9 Å². The van der Waals surface area contributed by atoms with E-state index in [0.717, 1.165) is 10.2 Å². The van der Waals surface area contributed by atoms with E-state index in [4.69, 9.17) is 0 Å². The Morgan fingerprint density at radius 1 is 1.00 bits per heavy atom.